The number of anilines is 1. The Morgan fingerprint density at radius 1 is 1.21 bits per heavy atom. The molecule has 0 atom stereocenters. The Kier molecular flexibility index (Phi) is 5.17. The number of carbonyl (C=O) groups excluding carboxylic acids is 1. The monoisotopic (exact) mass is 359 g/mol. The molecule has 0 saturated carbocycles. The fraction of sp³-hybridized carbons (Fsp3) is 0.118. The summed E-state index contributed by atoms with van der Waals surface area (Å²) >= 11 is 7.37. The predicted molar refractivity (Wildman–Crippen MR) is 95.3 cm³/mol. The maximum absolute atomic E-state index is 12.0. The van der Waals surface area contributed by atoms with Crippen LogP contribution < -0.4 is 5.32 Å². The molecule has 3 rings (SSSR count). The molecule has 0 spiro atoms. The first-order chi connectivity index (χ1) is 11.6. The molecule has 24 heavy (non-hydrogen) atoms. The first-order valence-electron chi connectivity index (χ1n) is 7.19. The lowest BCUT2D eigenvalue weighted by Gasteiger charge is -2.02. The van der Waals surface area contributed by atoms with Gasteiger partial charge < -0.3 is 4.42 Å². The molecule has 2 aromatic carbocycles. The number of amides is 1. The fourth-order valence-electron chi connectivity index (χ4n) is 1.95. The summed E-state index contributed by atoms with van der Waals surface area (Å²) in [7, 11) is 0. The van der Waals surface area contributed by atoms with Crippen molar-refractivity contribution < 1.29 is 9.21 Å². The van der Waals surface area contributed by atoms with Gasteiger partial charge in [0.15, 0.2) is 0 Å². The number of rotatable bonds is 5. The van der Waals surface area contributed by atoms with Crippen LogP contribution in [0.4, 0.5) is 6.01 Å². The van der Waals surface area contributed by atoms with Crippen LogP contribution in [0.5, 0.6) is 0 Å². The van der Waals surface area contributed by atoms with E-state index in [1.165, 1.54) is 17.3 Å². The summed E-state index contributed by atoms with van der Waals surface area (Å²) < 4.78 is 5.44. The van der Waals surface area contributed by atoms with Gasteiger partial charge >= 0.3 is 6.01 Å². The number of carbonyl (C=O) groups is 1. The summed E-state index contributed by atoms with van der Waals surface area (Å²) in [5.41, 5.74) is 1.88. The van der Waals surface area contributed by atoms with Crippen molar-refractivity contribution in [2.24, 2.45) is 0 Å². The average Bonchev–Trinajstić information content (AvgIpc) is 3.03. The molecule has 0 saturated heterocycles. The number of hydrogen-bond donors (Lipinski definition) is 1. The Labute approximate surface area is 148 Å². The highest BCUT2D eigenvalue weighted by Gasteiger charge is 2.12. The van der Waals surface area contributed by atoms with E-state index in [0.29, 0.717) is 16.5 Å². The van der Waals surface area contributed by atoms with Gasteiger partial charge in [-0.15, -0.1) is 16.9 Å². The minimum absolute atomic E-state index is 0.0690. The van der Waals surface area contributed by atoms with Crippen molar-refractivity contribution in [3.05, 3.63) is 59.1 Å². The number of aryl methyl sites for hydroxylation is 1. The lowest BCUT2D eigenvalue weighted by Crippen LogP contribution is -2.14. The van der Waals surface area contributed by atoms with Gasteiger partial charge in [-0.25, -0.2) is 0 Å². The van der Waals surface area contributed by atoms with Gasteiger partial charge in [-0.3, -0.25) is 10.1 Å². The lowest BCUT2D eigenvalue weighted by molar-refractivity contribution is -0.113. The maximum atomic E-state index is 12.0. The molecule has 3 aromatic rings. The minimum atomic E-state index is -0.207. The summed E-state index contributed by atoms with van der Waals surface area (Å²) in [4.78, 5) is 13.0. The Morgan fingerprint density at radius 3 is 2.75 bits per heavy atom. The third kappa shape index (κ3) is 4.37. The third-order valence-electron chi connectivity index (χ3n) is 3.13. The van der Waals surface area contributed by atoms with Crippen molar-refractivity contribution in [3.63, 3.8) is 0 Å². The second kappa shape index (κ2) is 7.51. The SMILES string of the molecule is Cc1ccc(SCC(=O)Nc2nnc(-c3cccc(Cl)c3)o2)cc1. The molecule has 0 aliphatic heterocycles. The molecule has 5 nitrogen and oxygen atoms in total. The van der Waals surface area contributed by atoms with Crippen molar-refractivity contribution in [1.82, 2.24) is 10.2 Å². The van der Waals surface area contributed by atoms with E-state index in [1.807, 2.05) is 31.2 Å². The van der Waals surface area contributed by atoms with Crippen LogP contribution in [0.15, 0.2) is 57.8 Å². The first kappa shape index (κ1) is 16.5. The molecule has 0 bridgehead atoms. The topological polar surface area (TPSA) is 68.0 Å². The predicted octanol–water partition coefficient (Wildman–Crippen LogP) is 4.43. The largest absolute Gasteiger partial charge is 0.403 e. The average molecular weight is 360 g/mol. The van der Waals surface area contributed by atoms with Crippen LogP contribution in [0.2, 0.25) is 5.02 Å². The Hall–Kier alpha value is -2.31. The van der Waals surface area contributed by atoms with Crippen molar-refractivity contribution >= 4 is 35.3 Å². The molecule has 1 N–H and O–H groups in total. The van der Waals surface area contributed by atoms with Crippen LogP contribution >= 0.6 is 23.4 Å². The van der Waals surface area contributed by atoms with Gasteiger partial charge in [-0.05, 0) is 37.3 Å². The zero-order chi connectivity index (χ0) is 16.9. The molecule has 7 heteroatoms. The lowest BCUT2D eigenvalue weighted by atomic mass is 10.2. The third-order valence-corrected chi connectivity index (χ3v) is 4.38. The zero-order valence-corrected chi connectivity index (χ0v) is 14.4. The second-order valence-electron chi connectivity index (χ2n) is 5.07. The highest BCUT2D eigenvalue weighted by Crippen LogP contribution is 2.23. The Balaban J connectivity index is 1.58. The van der Waals surface area contributed by atoms with E-state index in [2.05, 4.69) is 15.5 Å². The molecule has 1 heterocycles. The fourth-order valence-corrected chi connectivity index (χ4v) is 2.84. The van der Waals surface area contributed by atoms with Crippen LogP contribution in [0.3, 0.4) is 0 Å². The normalized spacial score (nSPS) is 10.6. The van der Waals surface area contributed by atoms with Gasteiger partial charge in [0.2, 0.25) is 11.8 Å². The number of thioether (sulfide) groups is 1. The van der Waals surface area contributed by atoms with Crippen LogP contribution in [0.25, 0.3) is 11.5 Å². The molecule has 122 valence electrons. The summed E-state index contributed by atoms with van der Waals surface area (Å²) in [6, 6.07) is 15.1. The summed E-state index contributed by atoms with van der Waals surface area (Å²) in [5, 5.41) is 10.9. The van der Waals surface area contributed by atoms with Gasteiger partial charge in [-0.1, -0.05) is 40.5 Å². The molecular formula is C17H14ClN3O2S. The van der Waals surface area contributed by atoms with Gasteiger partial charge in [-0.2, -0.15) is 0 Å². The van der Waals surface area contributed by atoms with Crippen molar-refractivity contribution in [3.8, 4) is 11.5 Å². The van der Waals surface area contributed by atoms with Crippen LogP contribution in [0, 0.1) is 6.92 Å². The second-order valence-corrected chi connectivity index (χ2v) is 6.56. The molecular weight excluding hydrogens is 346 g/mol. The van der Waals surface area contributed by atoms with Gasteiger partial charge in [0.25, 0.3) is 0 Å². The van der Waals surface area contributed by atoms with Crippen LogP contribution in [-0.2, 0) is 4.79 Å². The zero-order valence-electron chi connectivity index (χ0n) is 12.8. The maximum Gasteiger partial charge on any atom is 0.322 e. The summed E-state index contributed by atoms with van der Waals surface area (Å²) in [6.07, 6.45) is 0. The van der Waals surface area contributed by atoms with E-state index < -0.39 is 0 Å². The van der Waals surface area contributed by atoms with Crippen LogP contribution in [-0.4, -0.2) is 21.9 Å². The standard InChI is InChI=1S/C17H14ClN3O2S/c1-11-5-7-14(8-6-11)24-10-15(22)19-17-21-20-16(23-17)12-3-2-4-13(18)9-12/h2-9H,10H2,1H3,(H,19,21,22). The minimum Gasteiger partial charge on any atom is -0.403 e. The number of nitrogens with zero attached hydrogens (tertiary/aromatic N) is 2. The number of hydrogen-bond acceptors (Lipinski definition) is 5. The Morgan fingerprint density at radius 2 is 2.00 bits per heavy atom. The molecule has 0 aliphatic rings. The van der Waals surface area contributed by atoms with E-state index in [9.17, 15) is 4.79 Å². The number of aromatic nitrogens is 2. The summed E-state index contributed by atoms with van der Waals surface area (Å²) in [6.45, 7) is 2.02. The molecule has 0 radical (unpaired) electrons. The van der Waals surface area contributed by atoms with Gasteiger partial charge in [0, 0.05) is 15.5 Å². The van der Waals surface area contributed by atoms with Crippen molar-refractivity contribution in [2.45, 2.75) is 11.8 Å². The van der Waals surface area contributed by atoms with E-state index in [1.54, 1.807) is 24.3 Å². The van der Waals surface area contributed by atoms with E-state index >= 15 is 0 Å². The Bertz CT molecular complexity index is 849. The molecule has 1 aromatic heterocycles. The quantitative estimate of drug-likeness (QED) is 0.682. The first-order valence-corrected chi connectivity index (χ1v) is 8.55. The van der Waals surface area contributed by atoms with Crippen LogP contribution in [0.1, 0.15) is 5.56 Å². The molecule has 0 unspecified atom stereocenters. The highest BCUT2D eigenvalue weighted by atomic mass is 35.5. The molecule has 0 fully saturated rings. The highest BCUT2D eigenvalue weighted by molar-refractivity contribution is 8.00. The molecule has 0 aliphatic carbocycles. The van der Waals surface area contributed by atoms with Gasteiger partial charge in [0.1, 0.15) is 0 Å². The molecule has 1 amide bonds. The van der Waals surface area contributed by atoms with E-state index in [4.69, 9.17) is 16.0 Å². The van der Waals surface area contributed by atoms with Gasteiger partial charge in [0.05, 0.1) is 5.75 Å². The van der Waals surface area contributed by atoms with E-state index in [0.717, 1.165) is 4.90 Å². The summed E-state index contributed by atoms with van der Waals surface area (Å²) in [5.74, 6) is 0.360. The number of halogens is 1. The van der Waals surface area contributed by atoms with E-state index in [-0.39, 0.29) is 17.7 Å². The van der Waals surface area contributed by atoms with Crippen molar-refractivity contribution in [2.75, 3.05) is 11.1 Å². The number of nitrogens with one attached hydrogen (secondary N) is 1. The number of benzene rings is 2. The smallest absolute Gasteiger partial charge is 0.322 e. The van der Waals surface area contributed by atoms with Crippen molar-refractivity contribution in [1.29, 1.82) is 0 Å².